The molecule has 1 unspecified atom stereocenters. The number of ether oxygens (including phenoxy) is 1. The quantitative estimate of drug-likeness (QED) is 0.847. The number of aromatic hydroxyl groups is 1. The van der Waals surface area contributed by atoms with Crippen LogP contribution in [0.5, 0.6) is 11.5 Å². The molecule has 2 N–H and O–H groups in total. The Morgan fingerprint density at radius 1 is 1.57 bits per heavy atom. The maximum absolute atomic E-state index is 10.1. The van der Waals surface area contributed by atoms with Crippen LogP contribution in [0.4, 0.5) is 0 Å². The Labute approximate surface area is 131 Å². The van der Waals surface area contributed by atoms with Crippen molar-refractivity contribution in [3.63, 3.8) is 0 Å². The van der Waals surface area contributed by atoms with Gasteiger partial charge < -0.3 is 15.2 Å². The molecule has 1 aliphatic heterocycles. The number of hydrogen-bond donors (Lipinski definition) is 2. The fourth-order valence-electron chi connectivity index (χ4n) is 2.91. The summed E-state index contributed by atoms with van der Waals surface area (Å²) in [6.07, 6.45) is 2.42. The molecule has 1 atom stereocenters. The third-order valence-corrected chi connectivity index (χ3v) is 4.35. The van der Waals surface area contributed by atoms with Crippen LogP contribution in [0, 0.1) is 0 Å². The summed E-state index contributed by atoms with van der Waals surface area (Å²) in [5, 5.41) is 13.8. The second-order valence-corrected chi connectivity index (χ2v) is 5.67. The van der Waals surface area contributed by atoms with Gasteiger partial charge in [-0.25, -0.2) is 0 Å². The van der Waals surface area contributed by atoms with Gasteiger partial charge in [0.25, 0.3) is 0 Å². The first-order valence-electron chi connectivity index (χ1n) is 7.31. The zero-order chi connectivity index (χ0) is 15.4. The lowest BCUT2D eigenvalue weighted by Gasteiger charge is -2.24. The standard InChI is InChI=1S/C16H23ClN2O2/c1-4-19-9-5-6-12(19)10-18-11(2)15-14(20)8-7-13(17)16(15)21-3/h7-8,12,18,20H,2,4-6,9-10H2,1,3H3. The number of nitrogens with zero attached hydrogens (tertiary/aromatic N) is 1. The van der Waals surface area contributed by atoms with Gasteiger partial charge in [0.15, 0.2) is 0 Å². The molecule has 21 heavy (non-hydrogen) atoms. The predicted octanol–water partition coefficient (Wildman–Crippen LogP) is 3.10. The number of likely N-dealkylation sites (N-methyl/N-ethyl adjacent to an activating group) is 1. The average molecular weight is 311 g/mol. The minimum atomic E-state index is 0.118. The molecule has 0 saturated carbocycles. The maximum Gasteiger partial charge on any atom is 0.150 e. The van der Waals surface area contributed by atoms with Crippen molar-refractivity contribution in [1.82, 2.24) is 10.2 Å². The largest absolute Gasteiger partial charge is 0.507 e. The van der Waals surface area contributed by atoms with E-state index in [1.807, 2.05) is 0 Å². The molecule has 1 aromatic rings. The number of rotatable bonds is 6. The molecule has 1 aliphatic rings. The minimum Gasteiger partial charge on any atom is -0.507 e. The van der Waals surface area contributed by atoms with Gasteiger partial charge in [-0.2, -0.15) is 0 Å². The Hall–Kier alpha value is -1.39. The van der Waals surface area contributed by atoms with Crippen molar-refractivity contribution in [1.29, 1.82) is 0 Å². The van der Waals surface area contributed by atoms with Gasteiger partial charge in [0.1, 0.15) is 11.5 Å². The summed E-state index contributed by atoms with van der Waals surface area (Å²) in [6.45, 7) is 9.22. The Bertz CT molecular complexity index is 519. The van der Waals surface area contributed by atoms with Crippen LogP contribution in [-0.2, 0) is 0 Å². The molecule has 0 spiro atoms. The van der Waals surface area contributed by atoms with Crippen molar-refractivity contribution in [3.8, 4) is 11.5 Å². The Balaban J connectivity index is 2.09. The van der Waals surface area contributed by atoms with Crippen molar-refractivity contribution < 1.29 is 9.84 Å². The first-order chi connectivity index (χ1) is 10.1. The summed E-state index contributed by atoms with van der Waals surface area (Å²) in [4.78, 5) is 2.45. The van der Waals surface area contributed by atoms with E-state index in [2.05, 4.69) is 23.7 Å². The zero-order valence-electron chi connectivity index (χ0n) is 12.7. The first kappa shape index (κ1) is 16.0. The molecular weight excluding hydrogens is 288 g/mol. The number of methoxy groups -OCH3 is 1. The van der Waals surface area contributed by atoms with E-state index in [9.17, 15) is 5.11 Å². The summed E-state index contributed by atoms with van der Waals surface area (Å²) in [7, 11) is 1.53. The molecule has 0 bridgehead atoms. The number of hydrogen-bond acceptors (Lipinski definition) is 4. The lowest BCUT2D eigenvalue weighted by Crippen LogP contribution is -2.37. The fourth-order valence-corrected chi connectivity index (χ4v) is 3.14. The van der Waals surface area contributed by atoms with E-state index in [-0.39, 0.29) is 5.75 Å². The van der Waals surface area contributed by atoms with Crippen molar-refractivity contribution in [2.24, 2.45) is 0 Å². The van der Waals surface area contributed by atoms with Gasteiger partial charge in [-0.15, -0.1) is 0 Å². The van der Waals surface area contributed by atoms with Gasteiger partial charge >= 0.3 is 0 Å². The van der Waals surface area contributed by atoms with Crippen LogP contribution in [0.25, 0.3) is 5.70 Å². The fraction of sp³-hybridized carbons (Fsp3) is 0.500. The van der Waals surface area contributed by atoms with Crippen LogP contribution in [0.2, 0.25) is 5.02 Å². The highest BCUT2D eigenvalue weighted by Crippen LogP contribution is 2.38. The molecule has 4 nitrogen and oxygen atoms in total. The highest BCUT2D eigenvalue weighted by atomic mass is 35.5. The minimum absolute atomic E-state index is 0.118. The number of phenols is 1. The molecule has 1 heterocycles. The Morgan fingerprint density at radius 2 is 2.33 bits per heavy atom. The van der Waals surface area contributed by atoms with Crippen LogP contribution >= 0.6 is 11.6 Å². The monoisotopic (exact) mass is 310 g/mol. The van der Waals surface area contributed by atoms with E-state index < -0.39 is 0 Å². The summed E-state index contributed by atoms with van der Waals surface area (Å²) in [5.74, 6) is 0.570. The molecule has 5 heteroatoms. The van der Waals surface area contributed by atoms with E-state index in [1.54, 1.807) is 12.1 Å². The van der Waals surface area contributed by atoms with Crippen LogP contribution in [0.15, 0.2) is 18.7 Å². The van der Waals surface area contributed by atoms with E-state index in [1.165, 1.54) is 20.0 Å². The van der Waals surface area contributed by atoms with Gasteiger partial charge in [0, 0.05) is 18.3 Å². The van der Waals surface area contributed by atoms with E-state index >= 15 is 0 Å². The molecule has 1 saturated heterocycles. The molecule has 0 aromatic heterocycles. The van der Waals surface area contributed by atoms with Crippen molar-refractivity contribution >= 4 is 17.3 Å². The topological polar surface area (TPSA) is 44.7 Å². The third kappa shape index (κ3) is 3.44. The maximum atomic E-state index is 10.1. The SMILES string of the molecule is C=C(NCC1CCCN1CC)c1c(O)ccc(Cl)c1OC. The molecule has 0 aliphatic carbocycles. The molecular formula is C16H23ClN2O2. The van der Waals surface area contributed by atoms with E-state index in [4.69, 9.17) is 16.3 Å². The van der Waals surface area contributed by atoms with Crippen molar-refractivity contribution in [2.75, 3.05) is 26.7 Å². The second kappa shape index (κ2) is 7.05. The van der Waals surface area contributed by atoms with Gasteiger partial charge in [0.2, 0.25) is 0 Å². The zero-order valence-corrected chi connectivity index (χ0v) is 13.4. The molecule has 1 aromatic carbocycles. The highest BCUT2D eigenvalue weighted by Gasteiger charge is 2.23. The summed E-state index contributed by atoms with van der Waals surface area (Å²) < 4.78 is 5.29. The van der Waals surface area contributed by atoms with Gasteiger partial charge in [-0.05, 0) is 38.1 Å². The lowest BCUT2D eigenvalue weighted by atomic mass is 10.1. The van der Waals surface area contributed by atoms with Crippen LogP contribution in [0.3, 0.4) is 0 Å². The van der Waals surface area contributed by atoms with Crippen molar-refractivity contribution in [2.45, 2.75) is 25.8 Å². The summed E-state index contributed by atoms with van der Waals surface area (Å²) in [5.41, 5.74) is 1.17. The van der Waals surface area contributed by atoms with Gasteiger partial charge in [-0.1, -0.05) is 25.1 Å². The van der Waals surface area contributed by atoms with E-state index in [0.29, 0.717) is 28.1 Å². The van der Waals surface area contributed by atoms with Crippen molar-refractivity contribution in [3.05, 3.63) is 29.3 Å². The van der Waals surface area contributed by atoms with Crippen LogP contribution in [0.1, 0.15) is 25.3 Å². The van der Waals surface area contributed by atoms with E-state index in [0.717, 1.165) is 19.6 Å². The van der Waals surface area contributed by atoms with Gasteiger partial charge in [0.05, 0.1) is 17.7 Å². The number of likely N-dealkylation sites (tertiary alicyclic amines) is 1. The predicted molar refractivity (Wildman–Crippen MR) is 87.0 cm³/mol. The second-order valence-electron chi connectivity index (χ2n) is 5.26. The first-order valence-corrected chi connectivity index (χ1v) is 7.68. The molecule has 0 radical (unpaired) electrons. The molecule has 116 valence electrons. The van der Waals surface area contributed by atoms with Gasteiger partial charge in [-0.3, -0.25) is 4.90 Å². The smallest absolute Gasteiger partial charge is 0.150 e. The Morgan fingerprint density at radius 3 is 3.00 bits per heavy atom. The lowest BCUT2D eigenvalue weighted by molar-refractivity contribution is 0.266. The normalized spacial score (nSPS) is 18.7. The Kier molecular flexibility index (Phi) is 5.37. The summed E-state index contributed by atoms with van der Waals surface area (Å²) in [6, 6.07) is 3.68. The number of benzene rings is 1. The highest BCUT2D eigenvalue weighted by molar-refractivity contribution is 6.32. The number of halogens is 1. The number of phenolic OH excluding ortho intramolecular Hbond substituents is 1. The number of nitrogens with one attached hydrogen (secondary N) is 1. The average Bonchev–Trinajstić information content (AvgIpc) is 2.94. The third-order valence-electron chi connectivity index (χ3n) is 4.05. The van der Waals surface area contributed by atoms with Crippen LogP contribution in [-0.4, -0.2) is 42.8 Å². The molecule has 2 rings (SSSR count). The molecule has 1 fully saturated rings. The molecule has 0 amide bonds. The summed E-state index contributed by atoms with van der Waals surface area (Å²) >= 11 is 6.11. The van der Waals surface area contributed by atoms with Crippen LogP contribution < -0.4 is 10.1 Å².